The highest BCUT2D eigenvalue weighted by atomic mass is 15.0. The Morgan fingerprint density at radius 1 is 1.46 bits per heavy atom. The highest BCUT2D eigenvalue weighted by Crippen LogP contribution is 2.24. The highest BCUT2D eigenvalue weighted by molar-refractivity contribution is 5.63. The van der Waals surface area contributed by atoms with Crippen LogP contribution in [0.4, 0.5) is 5.69 Å². The Hall–Kier alpha value is -1.95. The van der Waals surface area contributed by atoms with Gasteiger partial charge in [-0.3, -0.25) is 0 Å². The summed E-state index contributed by atoms with van der Waals surface area (Å²) in [6.07, 6.45) is 2.61. The van der Waals surface area contributed by atoms with E-state index in [4.69, 9.17) is 11.0 Å². The van der Waals surface area contributed by atoms with Crippen LogP contribution >= 0.6 is 0 Å². The van der Waals surface area contributed by atoms with E-state index in [1.54, 1.807) is 0 Å². The topological polar surface area (TPSA) is 61.8 Å². The van der Waals surface area contributed by atoms with Gasteiger partial charge in [0.2, 0.25) is 0 Å². The Bertz CT molecular complexity index is 413. The number of nitrogens with two attached hydrogens (primary N) is 1. The third-order valence-electron chi connectivity index (χ3n) is 2.10. The summed E-state index contributed by atoms with van der Waals surface area (Å²) in [5.41, 5.74) is 8.30. The molecule has 0 amide bonds. The number of rotatable bonds is 0. The number of hydrogen-bond donors (Lipinski definition) is 2. The Morgan fingerprint density at radius 3 is 3.08 bits per heavy atom. The molecule has 0 saturated carbocycles. The van der Waals surface area contributed by atoms with Crippen LogP contribution in [0.2, 0.25) is 0 Å². The van der Waals surface area contributed by atoms with Gasteiger partial charge in [0.1, 0.15) is 0 Å². The molecule has 0 fully saturated rings. The van der Waals surface area contributed by atoms with Crippen LogP contribution < -0.4 is 11.1 Å². The molecule has 0 spiro atoms. The van der Waals surface area contributed by atoms with E-state index in [9.17, 15) is 0 Å². The second-order valence-electron chi connectivity index (χ2n) is 2.93. The van der Waals surface area contributed by atoms with Gasteiger partial charge in [0.25, 0.3) is 0 Å². The van der Waals surface area contributed by atoms with E-state index in [1.807, 2.05) is 24.3 Å². The molecule has 1 aromatic rings. The van der Waals surface area contributed by atoms with E-state index in [0.29, 0.717) is 11.4 Å². The molecule has 0 saturated heterocycles. The van der Waals surface area contributed by atoms with Crippen LogP contribution in [0.3, 0.4) is 0 Å². The predicted molar refractivity (Wildman–Crippen MR) is 50.8 cm³/mol. The predicted octanol–water partition coefficient (Wildman–Crippen LogP) is 1.33. The van der Waals surface area contributed by atoms with Gasteiger partial charge in [-0.15, -0.1) is 0 Å². The molecule has 64 valence electrons. The quantitative estimate of drug-likeness (QED) is 0.619. The number of hydrogen-bond acceptors (Lipinski definition) is 3. The molecule has 2 rings (SSSR count). The van der Waals surface area contributed by atoms with Gasteiger partial charge in [-0.1, -0.05) is 6.07 Å². The molecule has 3 nitrogen and oxygen atoms in total. The maximum absolute atomic E-state index is 8.83. The summed E-state index contributed by atoms with van der Waals surface area (Å²) in [4.78, 5) is 0. The number of nitrogens with zero attached hydrogens (tertiary/aromatic N) is 1. The zero-order chi connectivity index (χ0) is 9.26. The fourth-order valence-corrected chi connectivity index (χ4v) is 1.45. The number of benzene rings is 1. The molecule has 0 unspecified atom stereocenters. The number of nitriles is 1. The van der Waals surface area contributed by atoms with Crippen molar-refractivity contribution in [3.05, 3.63) is 41.2 Å². The van der Waals surface area contributed by atoms with Gasteiger partial charge in [0.05, 0.1) is 17.5 Å². The van der Waals surface area contributed by atoms with Crippen molar-refractivity contribution >= 4 is 5.69 Å². The largest absolute Gasteiger partial charge is 0.386 e. The SMILES string of the molecule is N#Cc1cccc2c1CC=C(N)N2. The molecule has 0 atom stereocenters. The van der Waals surface area contributed by atoms with Crippen LogP contribution in [-0.4, -0.2) is 0 Å². The van der Waals surface area contributed by atoms with Gasteiger partial charge >= 0.3 is 0 Å². The molecule has 13 heavy (non-hydrogen) atoms. The van der Waals surface area contributed by atoms with Crippen molar-refractivity contribution in [2.24, 2.45) is 5.73 Å². The number of allylic oxidation sites excluding steroid dienone is 1. The molecule has 1 heterocycles. The first-order valence-corrected chi connectivity index (χ1v) is 4.06. The third kappa shape index (κ3) is 1.23. The van der Waals surface area contributed by atoms with Crippen molar-refractivity contribution in [1.82, 2.24) is 0 Å². The second-order valence-corrected chi connectivity index (χ2v) is 2.93. The van der Waals surface area contributed by atoms with Crippen LogP contribution in [0.25, 0.3) is 0 Å². The first-order valence-electron chi connectivity index (χ1n) is 4.06. The fraction of sp³-hybridized carbons (Fsp3) is 0.100. The van der Waals surface area contributed by atoms with Gasteiger partial charge < -0.3 is 11.1 Å². The normalized spacial score (nSPS) is 13.6. The van der Waals surface area contributed by atoms with Gasteiger partial charge in [-0.2, -0.15) is 5.26 Å². The molecular formula is C10H9N3. The monoisotopic (exact) mass is 171 g/mol. The second kappa shape index (κ2) is 2.83. The van der Waals surface area contributed by atoms with Crippen LogP contribution in [0, 0.1) is 11.3 Å². The molecule has 0 aliphatic carbocycles. The van der Waals surface area contributed by atoms with Crippen LogP contribution in [0.1, 0.15) is 11.1 Å². The summed E-state index contributed by atoms with van der Waals surface area (Å²) in [6.45, 7) is 0. The molecule has 1 aromatic carbocycles. The Labute approximate surface area is 76.5 Å². The van der Waals surface area contributed by atoms with Crippen molar-refractivity contribution in [2.45, 2.75) is 6.42 Å². The van der Waals surface area contributed by atoms with Crippen LogP contribution in [-0.2, 0) is 6.42 Å². The molecule has 0 aromatic heterocycles. The van der Waals surface area contributed by atoms with Gasteiger partial charge in [0, 0.05) is 5.69 Å². The van der Waals surface area contributed by atoms with Crippen molar-refractivity contribution < 1.29 is 0 Å². The summed E-state index contributed by atoms with van der Waals surface area (Å²) >= 11 is 0. The standard InChI is InChI=1S/C10H9N3/c11-6-7-2-1-3-9-8(7)4-5-10(12)13-9/h1-3,5,13H,4,12H2. The molecular weight excluding hydrogens is 162 g/mol. The average Bonchev–Trinajstić information content (AvgIpc) is 2.16. The van der Waals surface area contributed by atoms with Crippen molar-refractivity contribution in [2.75, 3.05) is 5.32 Å². The molecule has 3 N–H and O–H groups in total. The number of nitrogens with one attached hydrogen (secondary N) is 1. The highest BCUT2D eigenvalue weighted by Gasteiger charge is 2.11. The van der Waals surface area contributed by atoms with Crippen LogP contribution in [0.5, 0.6) is 0 Å². The lowest BCUT2D eigenvalue weighted by molar-refractivity contribution is 1.13. The van der Waals surface area contributed by atoms with Crippen molar-refractivity contribution in [3.8, 4) is 6.07 Å². The van der Waals surface area contributed by atoms with E-state index in [0.717, 1.165) is 17.7 Å². The summed E-state index contributed by atoms with van der Waals surface area (Å²) in [5, 5.41) is 11.9. The Morgan fingerprint density at radius 2 is 2.31 bits per heavy atom. The van der Waals surface area contributed by atoms with E-state index < -0.39 is 0 Å². The minimum Gasteiger partial charge on any atom is -0.386 e. The van der Waals surface area contributed by atoms with Crippen molar-refractivity contribution in [1.29, 1.82) is 5.26 Å². The third-order valence-corrected chi connectivity index (χ3v) is 2.10. The van der Waals surface area contributed by atoms with Crippen molar-refractivity contribution in [3.63, 3.8) is 0 Å². The Kier molecular flexibility index (Phi) is 1.67. The molecule has 3 heteroatoms. The molecule has 1 aliphatic heterocycles. The lowest BCUT2D eigenvalue weighted by Gasteiger charge is -2.17. The zero-order valence-electron chi connectivity index (χ0n) is 7.04. The lowest BCUT2D eigenvalue weighted by Crippen LogP contribution is -2.15. The minimum absolute atomic E-state index is 0.655. The first-order chi connectivity index (χ1) is 6.31. The summed E-state index contributed by atoms with van der Waals surface area (Å²) in [7, 11) is 0. The average molecular weight is 171 g/mol. The van der Waals surface area contributed by atoms with Gasteiger partial charge in [0.15, 0.2) is 0 Å². The number of anilines is 1. The number of fused-ring (bicyclic) bond motifs is 1. The molecule has 1 aliphatic rings. The van der Waals surface area contributed by atoms with Gasteiger partial charge in [-0.25, -0.2) is 0 Å². The maximum Gasteiger partial charge on any atom is 0.0995 e. The first kappa shape index (κ1) is 7.69. The minimum atomic E-state index is 0.655. The van der Waals surface area contributed by atoms with Gasteiger partial charge in [-0.05, 0) is 30.2 Å². The zero-order valence-corrected chi connectivity index (χ0v) is 7.04. The molecule has 0 radical (unpaired) electrons. The van der Waals surface area contributed by atoms with E-state index in [-0.39, 0.29) is 0 Å². The van der Waals surface area contributed by atoms with E-state index >= 15 is 0 Å². The van der Waals surface area contributed by atoms with E-state index in [2.05, 4.69) is 11.4 Å². The molecule has 0 bridgehead atoms. The van der Waals surface area contributed by atoms with E-state index in [1.165, 1.54) is 0 Å². The fourth-order valence-electron chi connectivity index (χ4n) is 1.45. The Balaban J connectivity index is 2.53. The lowest BCUT2D eigenvalue weighted by atomic mass is 10.0. The summed E-state index contributed by atoms with van der Waals surface area (Å²) < 4.78 is 0. The summed E-state index contributed by atoms with van der Waals surface area (Å²) in [6, 6.07) is 7.75. The smallest absolute Gasteiger partial charge is 0.0995 e. The van der Waals surface area contributed by atoms with Crippen LogP contribution in [0.15, 0.2) is 30.1 Å². The maximum atomic E-state index is 8.83. The summed E-state index contributed by atoms with van der Waals surface area (Å²) in [5.74, 6) is 0.655.